The van der Waals surface area contributed by atoms with Crippen LogP contribution in [0.25, 0.3) is 0 Å². The topological polar surface area (TPSA) is 22.1 Å². The van der Waals surface area contributed by atoms with Crippen LogP contribution in [0.15, 0.2) is 18.3 Å². The zero-order valence-electron chi connectivity index (χ0n) is 9.45. The van der Waals surface area contributed by atoms with Gasteiger partial charge in [-0.3, -0.25) is 4.98 Å². The van der Waals surface area contributed by atoms with Gasteiger partial charge in [0.05, 0.1) is 18.4 Å². The number of nitrogens with zero attached hydrogens (tertiary/aromatic N) is 1. The molecule has 0 radical (unpaired) electrons. The van der Waals surface area contributed by atoms with Gasteiger partial charge in [0.1, 0.15) is 0 Å². The highest BCUT2D eigenvalue weighted by Crippen LogP contribution is 2.13. The van der Waals surface area contributed by atoms with Crippen molar-refractivity contribution >= 4 is 0 Å². The number of hydrogen-bond acceptors (Lipinski definition) is 2. The maximum Gasteiger partial charge on any atom is 0.0891 e. The fraction of sp³-hybridized carbons (Fsp3) is 0.583. The molecule has 2 heteroatoms. The number of aromatic nitrogens is 1. The third-order valence-corrected chi connectivity index (χ3v) is 2.08. The normalized spacial score (nSPS) is 11.3. The Morgan fingerprint density at radius 3 is 2.36 bits per heavy atom. The van der Waals surface area contributed by atoms with Crippen LogP contribution in [0.1, 0.15) is 44.9 Å². The summed E-state index contributed by atoms with van der Waals surface area (Å²) in [5.74, 6) is 0.544. The van der Waals surface area contributed by atoms with Crippen LogP contribution in [-0.2, 0) is 11.3 Å². The zero-order chi connectivity index (χ0) is 10.6. The summed E-state index contributed by atoms with van der Waals surface area (Å²) in [5, 5.41) is 0. The Morgan fingerprint density at radius 2 is 1.93 bits per heavy atom. The molecule has 0 aromatic carbocycles. The Morgan fingerprint density at radius 1 is 1.21 bits per heavy atom. The quantitative estimate of drug-likeness (QED) is 0.733. The molecule has 2 nitrogen and oxygen atoms in total. The minimum absolute atomic E-state index is 0.265. The van der Waals surface area contributed by atoms with Crippen molar-refractivity contribution in [1.82, 2.24) is 4.98 Å². The number of rotatable bonds is 4. The van der Waals surface area contributed by atoms with Crippen LogP contribution < -0.4 is 0 Å². The molecule has 0 aliphatic rings. The van der Waals surface area contributed by atoms with Crippen molar-refractivity contribution in [3.8, 4) is 0 Å². The molecule has 0 fully saturated rings. The Kier molecular flexibility index (Phi) is 4.08. The monoisotopic (exact) mass is 193 g/mol. The molecule has 14 heavy (non-hydrogen) atoms. The van der Waals surface area contributed by atoms with Crippen LogP contribution in [0.2, 0.25) is 0 Å². The number of pyridine rings is 1. The van der Waals surface area contributed by atoms with Gasteiger partial charge in [-0.2, -0.15) is 0 Å². The summed E-state index contributed by atoms with van der Waals surface area (Å²) >= 11 is 0. The van der Waals surface area contributed by atoms with Crippen LogP contribution in [0.4, 0.5) is 0 Å². The predicted octanol–water partition coefficient (Wildman–Crippen LogP) is 3.13. The lowest BCUT2D eigenvalue weighted by atomic mass is 10.1. The van der Waals surface area contributed by atoms with E-state index in [9.17, 15) is 0 Å². The van der Waals surface area contributed by atoms with Gasteiger partial charge in [-0.25, -0.2) is 0 Å². The highest BCUT2D eigenvalue weighted by molar-refractivity contribution is 5.16. The van der Waals surface area contributed by atoms with Gasteiger partial charge in [0, 0.05) is 6.20 Å². The number of hydrogen-bond donors (Lipinski definition) is 0. The maximum absolute atomic E-state index is 5.47. The highest BCUT2D eigenvalue weighted by Gasteiger charge is 2.01. The molecule has 1 rings (SSSR count). The Hall–Kier alpha value is -0.890. The van der Waals surface area contributed by atoms with Gasteiger partial charge in [0.25, 0.3) is 0 Å². The van der Waals surface area contributed by atoms with E-state index in [1.54, 1.807) is 0 Å². The summed E-state index contributed by atoms with van der Waals surface area (Å²) in [6, 6.07) is 4.16. The summed E-state index contributed by atoms with van der Waals surface area (Å²) in [6.45, 7) is 9.00. The van der Waals surface area contributed by atoms with Gasteiger partial charge in [-0.15, -0.1) is 0 Å². The smallest absolute Gasteiger partial charge is 0.0891 e. The van der Waals surface area contributed by atoms with Crippen LogP contribution >= 0.6 is 0 Å². The van der Waals surface area contributed by atoms with Gasteiger partial charge in [0.2, 0.25) is 0 Å². The van der Waals surface area contributed by atoms with Crippen molar-refractivity contribution in [3.63, 3.8) is 0 Å². The summed E-state index contributed by atoms with van der Waals surface area (Å²) in [7, 11) is 0. The predicted molar refractivity (Wildman–Crippen MR) is 58.3 cm³/mol. The standard InChI is InChI=1S/C12H19NO/c1-9(2)11-5-6-12(13-7-11)8-14-10(3)4/h5-7,9-10H,8H2,1-4H3. The van der Waals surface area contributed by atoms with Gasteiger partial charge in [0.15, 0.2) is 0 Å². The van der Waals surface area contributed by atoms with Crippen molar-refractivity contribution in [2.75, 3.05) is 0 Å². The van der Waals surface area contributed by atoms with E-state index in [-0.39, 0.29) is 6.10 Å². The lowest BCUT2D eigenvalue weighted by Crippen LogP contribution is -2.03. The summed E-state index contributed by atoms with van der Waals surface area (Å²) in [6.07, 6.45) is 2.20. The van der Waals surface area contributed by atoms with E-state index in [0.29, 0.717) is 12.5 Å². The third-order valence-electron chi connectivity index (χ3n) is 2.08. The lowest BCUT2D eigenvalue weighted by Gasteiger charge is -2.08. The molecule has 1 aromatic heterocycles. The minimum atomic E-state index is 0.265. The van der Waals surface area contributed by atoms with Crippen molar-refractivity contribution < 1.29 is 4.74 Å². The highest BCUT2D eigenvalue weighted by atomic mass is 16.5. The van der Waals surface area contributed by atoms with Gasteiger partial charge in [-0.05, 0) is 31.4 Å². The molecule has 1 aromatic rings. The molecular weight excluding hydrogens is 174 g/mol. The van der Waals surface area contributed by atoms with Crippen molar-refractivity contribution in [1.29, 1.82) is 0 Å². The van der Waals surface area contributed by atoms with E-state index >= 15 is 0 Å². The van der Waals surface area contributed by atoms with E-state index in [4.69, 9.17) is 4.74 Å². The zero-order valence-corrected chi connectivity index (χ0v) is 9.45. The van der Waals surface area contributed by atoms with Crippen molar-refractivity contribution in [2.24, 2.45) is 0 Å². The molecule has 0 spiro atoms. The first-order chi connectivity index (χ1) is 6.59. The summed E-state index contributed by atoms with van der Waals surface area (Å²) in [4.78, 5) is 4.35. The molecule has 0 saturated carbocycles. The average Bonchev–Trinajstić information content (AvgIpc) is 2.15. The molecule has 0 atom stereocenters. The minimum Gasteiger partial charge on any atom is -0.373 e. The van der Waals surface area contributed by atoms with Crippen molar-refractivity contribution in [3.05, 3.63) is 29.6 Å². The van der Waals surface area contributed by atoms with E-state index in [2.05, 4.69) is 24.9 Å². The van der Waals surface area contributed by atoms with E-state index in [1.807, 2.05) is 26.1 Å². The summed E-state index contributed by atoms with van der Waals surface area (Å²) < 4.78 is 5.47. The summed E-state index contributed by atoms with van der Waals surface area (Å²) in [5.41, 5.74) is 2.28. The molecule has 0 bridgehead atoms. The van der Waals surface area contributed by atoms with Crippen molar-refractivity contribution in [2.45, 2.75) is 46.3 Å². The second-order valence-electron chi connectivity index (χ2n) is 4.10. The van der Waals surface area contributed by atoms with Gasteiger partial charge in [-0.1, -0.05) is 19.9 Å². The van der Waals surface area contributed by atoms with Crippen LogP contribution in [0.3, 0.4) is 0 Å². The maximum atomic E-state index is 5.47. The van der Waals surface area contributed by atoms with Crippen LogP contribution in [0.5, 0.6) is 0 Å². The fourth-order valence-electron chi connectivity index (χ4n) is 1.11. The van der Waals surface area contributed by atoms with E-state index < -0.39 is 0 Å². The Labute approximate surface area is 86.3 Å². The van der Waals surface area contributed by atoms with E-state index in [1.165, 1.54) is 5.56 Å². The molecule has 0 N–H and O–H groups in total. The van der Waals surface area contributed by atoms with Crippen LogP contribution in [0, 0.1) is 0 Å². The van der Waals surface area contributed by atoms with Crippen LogP contribution in [-0.4, -0.2) is 11.1 Å². The third kappa shape index (κ3) is 3.46. The SMILES string of the molecule is CC(C)OCc1ccc(C(C)C)cn1. The molecule has 1 heterocycles. The second kappa shape index (κ2) is 5.11. The first-order valence-electron chi connectivity index (χ1n) is 5.16. The van der Waals surface area contributed by atoms with Gasteiger partial charge >= 0.3 is 0 Å². The molecule has 0 aliphatic heterocycles. The number of ether oxygens (including phenoxy) is 1. The molecule has 78 valence electrons. The largest absolute Gasteiger partial charge is 0.373 e. The molecular formula is C12H19NO. The second-order valence-corrected chi connectivity index (χ2v) is 4.10. The average molecular weight is 193 g/mol. The lowest BCUT2D eigenvalue weighted by molar-refractivity contribution is 0.0636. The molecule has 0 unspecified atom stereocenters. The first-order valence-corrected chi connectivity index (χ1v) is 5.16. The fourth-order valence-corrected chi connectivity index (χ4v) is 1.11. The van der Waals surface area contributed by atoms with Gasteiger partial charge < -0.3 is 4.74 Å². The molecule has 0 aliphatic carbocycles. The first kappa shape index (κ1) is 11.2. The molecule has 0 saturated heterocycles. The Balaban J connectivity index is 2.55. The van der Waals surface area contributed by atoms with E-state index in [0.717, 1.165) is 5.69 Å². The Bertz CT molecular complexity index is 264. The molecule has 0 amide bonds.